The zero-order valence-electron chi connectivity index (χ0n) is 10.7. The molecule has 0 aliphatic rings. The van der Waals surface area contributed by atoms with Crippen molar-refractivity contribution in [2.45, 2.75) is 40.7 Å². The summed E-state index contributed by atoms with van der Waals surface area (Å²) in [4.78, 5) is 23.3. The minimum Gasteiger partial charge on any atom is -0.460 e. The van der Waals surface area contributed by atoms with Crippen molar-refractivity contribution >= 4 is 11.8 Å². The molecule has 5 nitrogen and oxygen atoms in total. The standard InChI is InChI=1S/C12H18N2O3/c1-5-7-14-9(4)10(8(3)13-14)11(15)12(16)17-6-2/h5-7H2,1-4H3. The van der Waals surface area contributed by atoms with Crippen LogP contribution < -0.4 is 0 Å². The number of hydrogen-bond acceptors (Lipinski definition) is 4. The molecule has 0 fully saturated rings. The van der Waals surface area contributed by atoms with E-state index in [0.717, 1.165) is 18.7 Å². The number of nitrogens with zero attached hydrogens (tertiary/aromatic N) is 2. The molecule has 1 rings (SSSR count). The third-order valence-corrected chi connectivity index (χ3v) is 2.50. The van der Waals surface area contributed by atoms with Gasteiger partial charge in [0, 0.05) is 12.2 Å². The van der Waals surface area contributed by atoms with Crippen molar-refractivity contribution in [3.8, 4) is 0 Å². The second-order valence-corrected chi connectivity index (χ2v) is 3.82. The summed E-state index contributed by atoms with van der Waals surface area (Å²) < 4.78 is 6.46. The molecule has 0 amide bonds. The zero-order chi connectivity index (χ0) is 13.0. The Labute approximate surface area is 101 Å². The van der Waals surface area contributed by atoms with E-state index < -0.39 is 11.8 Å². The van der Waals surface area contributed by atoms with Crippen LogP contribution in [-0.2, 0) is 16.1 Å². The minimum atomic E-state index is -0.810. The largest absolute Gasteiger partial charge is 0.460 e. The quantitative estimate of drug-likeness (QED) is 0.444. The monoisotopic (exact) mass is 238 g/mol. The number of ketones is 1. The number of esters is 1. The number of aryl methyl sites for hydroxylation is 2. The van der Waals surface area contributed by atoms with E-state index in [4.69, 9.17) is 4.74 Å². The molecule has 1 aromatic rings. The predicted octanol–water partition coefficient (Wildman–Crippen LogP) is 1.66. The molecule has 0 unspecified atom stereocenters. The number of rotatable bonds is 5. The van der Waals surface area contributed by atoms with E-state index in [-0.39, 0.29) is 6.61 Å². The summed E-state index contributed by atoms with van der Waals surface area (Å²) in [6.07, 6.45) is 0.926. The van der Waals surface area contributed by atoms with Crippen LogP contribution in [0, 0.1) is 13.8 Å². The maximum Gasteiger partial charge on any atom is 0.379 e. The predicted molar refractivity (Wildman–Crippen MR) is 63.0 cm³/mol. The van der Waals surface area contributed by atoms with Crippen LogP contribution in [0.3, 0.4) is 0 Å². The molecule has 17 heavy (non-hydrogen) atoms. The molecule has 1 aromatic heterocycles. The summed E-state index contributed by atoms with van der Waals surface area (Å²) >= 11 is 0. The SMILES string of the molecule is CCCn1nc(C)c(C(=O)C(=O)OCC)c1C. The Morgan fingerprint density at radius 2 is 1.94 bits per heavy atom. The molecular weight excluding hydrogens is 220 g/mol. The molecule has 0 atom stereocenters. The van der Waals surface area contributed by atoms with Crippen molar-refractivity contribution in [1.29, 1.82) is 0 Å². The lowest BCUT2D eigenvalue weighted by Crippen LogP contribution is -2.19. The summed E-state index contributed by atoms with van der Waals surface area (Å²) in [5.41, 5.74) is 1.67. The topological polar surface area (TPSA) is 61.2 Å². The third kappa shape index (κ3) is 2.72. The van der Waals surface area contributed by atoms with Gasteiger partial charge in [-0.15, -0.1) is 0 Å². The molecule has 0 aliphatic heterocycles. The van der Waals surface area contributed by atoms with Gasteiger partial charge in [0.1, 0.15) is 0 Å². The van der Waals surface area contributed by atoms with Crippen molar-refractivity contribution in [3.05, 3.63) is 17.0 Å². The first-order valence-electron chi connectivity index (χ1n) is 5.78. The number of carbonyl (C=O) groups is 2. The Hall–Kier alpha value is -1.65. The number of hydrogen-bond donors (Lipinski definition) is 0. The first-order chi connectivity index (χ1) is 8.02. The van der Waals surface area contributed by atoms with Crippen LogP contribution in [0.2, 0.25) is 0 Å². The Balaban J connectivity index is 3.05. The highest BCUT2D eigenvalue weighted by Crippen LogP contribution is 2.14. The zero-order valence-corrected chi connectivity index (χ0v) is 10.7. The first-order valence-corrected chi connectivity index (χ1v) is 5.78. The number of Topliss-reactive ketones (excluding diaryl/α,β-unsaturated/α-hetero) is 1. The summed E-state index contributed by atoms with van der Waals surface area (Å²) in [5, 5.41) is 4.25. The van der Waals surface area contributed by atoms with Gasteiger partial charge in [-0.25, -0.2) is 4.79 Å². The molecule has 0 N–H and O–H groups in total. The molecule has 0 radical (unpaired) electrons. The first kappa shape index (κ1) is 13.4. The molecule has 94 valence electrons. The molecule has 0 saturated carbocycles. The number of ether oxygens (including phenoxy) is 1. The Morgan fingerprint density at radius 1 is 1.29 bits per heavy atom. The smallest absolute Gasteiger partial charge is 0.379 e. The summed E-state index contributed by atoms with van der Waals surface area (Å²) in [6.45, 7) is 8.16. The number of aromatic nitrogens is 2. The van der Waals surface area contributed by atoms with Crippen molar-refractivity contribution in [1.82, 2.24) is 9.78 Å². The minimum absolute atomic E-state index is 0.200. The lowest BCUT2D eigenvalue weighted by atomic mass is 10.1. The fraction of sp³-hybridized carbons (Fsp3) is 0.583. The van der Waals surface area contributed by atoms with Crippen LogP contribution in [0.25, 0.3) is 0 Å². The van der Waals surface area contributed by atoms with E-state index in [2.05, 4.69) is 5.10 Å². The van der Waals surface area contributed by atoms with E-state index in [9.17, 15) is 9.59 Å². The molecule has 0 aromatic carbocycles. The van der Waals surface area contributed by atoms with Crippen molar-refractivity contribution in [3.63, 3.8) is 0 Å². The van der Waals surface area contributed by atoms with Gasteiger partial charge in [0.25, 0.3) is 5.78 Å². The highest BCUT2D eigenvalue weighted by molar-refractivity contribution is 6.41. The lowest BCUT2D eigenvalue weighted by molar-refractivity contribution is -0.137. The molecule has 1 heterocycles. The molecule has 0 aliphatic carbocycles. The average Bonchev–Trinajstić information content (AvgIpc) is 2.54. The summed E-state index contributed by atoms with van der Waals surface area (Å²) in [6, 6.07) is 0. The molecule has 5 heteroatoms. The Bertz CT molecular complexity index is 435. The van der Waals surface area contributed by atoms with Gasteiger partial charge >= 0.3 is 5.97 Å². The van der Waals surface area contributed by atoms with Crippen LogP contribution in [0.5, 0.6) is 0 Å². The van der Waals surface area contributed by atoms with Crippen molar-refractivity contribution in [2.75, 3.05) is 6.61 Å². The van der Waals surface area contributed by atoms with Crippen molar-refractivity contribution < 1.29 is 14.3 Å². The maximum atomic E-state index is 11.9. The van der Waals surface area contributed by atoms with Crippen LogP contribution in [0.15, 0.2) is 0 Å². The average molecular weight is 238 g/mol. The van der Waals surface area contributed by atoms with Gasteiger partial charge in [-0.1, -0.05) is 6.92 Å². The Morgan fingerprint density at radius 3 is 2.47 bits per heavy atom. The highest BCUT2D eigenvalue weighted by Gasteiger charge is 2.25. The van der Waals surface area contributed by atoms with Gasteiger partial charge in [-0.3, -0.25) is 9.48 Å². The van der Waals surface area contributed by atoms with Crippen LogP contribution in [-0.4, -0.2) is 28.1 Å². The van der Waals surface area contributed by atoms with Crippen LogP contribution >= 0.6 is 0 Å². The third-order valence-electron chi connectivity index (χ3n) is 2.50. The van der Waals surface area contributed by atoms with Crippen molar-refractivity contribution in [2.24, 2.45) is 0 Å². The van der Waals surface area contributed by atoms with Crippen LogP contribution in [0.1, 0.15) is 42.0 Å². The second kappa shape index (κ2) is 5.61. The maximum absolute atomic E-state index is 11.9. The lowest BCUT2D eigenvalue weighted by Gasteiger charge is -2.03. The van der Waals surface area contributed by atoms with Gasteiger partial charge in [0.15, 0.2) is 0 Å². The fourth-order valence-corrected chi connectivity index (χ4v) is 1.75. The van der Waals surface area contributed by atoms with E-state index in [0.29, 0.717) is 11.3 Å². The van der Waals surface area contributed by atoms with Gasteiger partial charge in [-0.05, 0) is 27.2 Å². The molecular formula is C12H18N2O3. The second-order valence-electron chi connectivity index (χ2n) is 3.82. The molecule has 0 bridgehead atoms. The summed E-state index contributed by atoms with van der Waals surface area (Å²) in [7, 11) is 0. The van der Waals surface area contributed by atoms with E-state index >= 15 is 0 Å². The molecule has 0 spiro atoms. The van der Waals surface area contributed by atoms with Crippen LogP contribution in [0.4, 0.5) is 0 Å². The van der Waals surface area contributed by atoms with Gasteiger partial charge in [0.05, 0.1) is 17.9 Å². The van der Waals surface area contributed by atoms with Gasteiger partial charge < -0.3 is 4.74 Å². The normalized spacial score (nSPS) is 10.4. The van der Waals surface area contributed by atoms with E-state index in [1.54, 1.807) is 25.5 Å². The Kier molecular flexibility index (Phi) is 4.43. The van der Waals surface area contributed by atoms with E-state index in [1.807, 2.05) is 6.92 Å². The number of carbonyl (C=O) groups excluding carboxylic acids is 2. The highest BCUT2D eigenvalue weighted by atomic mass is 16.5. The fourth-order valence-electron chi connectivity index (χ4n) is 1.75. The van der Waals surface area contributed by atoms with E-state index in [1.165, 1.54) is 0 Å². The molecule has 0 saturated heterocycles. The van der Waals surface area contributed by atoms with Gasteiger partial charge in [-0.2, -0.15) is 5.10 Å². The summed E-state index contributed by atoms with van der Waals surface area (Å²) in [5.74, 6) is -1.42. The van der Waals surface area contributed by atoms with Gasteiger partial charge in [0.2, 0.25) is 0 Å².